The van der Waals surface area contributed by atoms with Crippen LogP contribution in [0.5, 0.6) is 5.75 Å². The highest BCUT2D eigenvalue weighted by Gasteiger charge is 2.26. The number of nitrogens with zero attached hydrogens (tertiary/aromatic N) is 6. The summed E-state index contributed by atoms with van der Waals surface area (Å²) in [6.45, 7) is 11.3. The van der Waals surface area contributed by atoms with E-state index >= 15 is 0 Å². The quantitative estimate of drug-likeness (QED) is 0.266. The number of rotatable bonds is 13. The molecule has 1 atom stereocenters. The van der Waals surface area contributed by atoms with Gasteiger partial charge in [-0.15, -0.1) is 0 Å². The lowest BCUT2D eigenvalue weighted by Gasteiger charge is -2.37. The van der Waals surface area contributed by atoms with Crippen molar-refractivity contribution in [3.8, 4) is 5.75 Å². The minimum Gasteiger partial charge on any atom is -0.484 e. The number of carbonyl (C=O) groups is 1. The van der Waals surface area contributed by atoms with Crippen LogP contribution >= 0.6 is 11.6 Å². The molecule has 1 aromatic carbocycles. The third-order valence-electron chi connectivity index (χ3n) is 8.72. The molecule has 3 aliphatic rings. The number of benzene rings is 1. The minimum absolute atomic E-state index is 0.0972. The summed E-state index contributed by atoms with van der Waals surface area (Å²) in [6, 6.07) is 6.30. The molecule has 3 aromatic rings. The number of anilines is 2. The van der Waals surface area contributed by atoms with Crippen molar-refractivity contribution in [3.05, 3.63) is 58.4 Å². The van der Waals surface area contributed by atoms with Gasteiger partial charge in [0.2, 0.25) is 5.95 Å². The Balaban J connectivity index is 1.03. The fourth-order valence-electron chi connectivity index (χ4n) is 5.95. The average molecular weight is 640 g/mol. The standard InChI is InChI=1S/C32H42ClN7O5/c1-21(2)39-9-11-40(12-10-39)32-36-27(13-30(37-32)35-23-17-43-18-23)28(42)5-4-24(41)16-38-8-7-26-22(15-38)3-6-29(31(26)33)44-19-25-14-34-20-45-25/h3,6,13-14,20-21,23-24,41H,4-5,7-12,15-19H2,1-2H3,(H,35,36,37)/t24-/m0/s1. The molecule has 5 heterocycles. The predicted octanol–water partition coefficient (Wildman–Crippen LogP) is 3.42. The molecule has 6 rings (SSSR count). The first kappa shape index (κ1) is 31.7. The molecule has 13 heteroatoms. The van der Waals surface area contributed by atoms with Gasteiger partial charge in [-0.05, 0) is 43.9 Å². The molecule has 2 aromatic heterocycles. The summed E-state index contributed by atoms with van der Waals surface area (Å²) in [4.78, 5) is 33.5. The van der Waals surface area contributed by atoms with E-state index < -0.39 is 6.10 Å². The van der Waals surface area contributed by atoms with E-state index in [0.29, 0.717) is 72.8 Å². The number of ketones is 1. The lowest BCUT2D eigenvalue weighted by atomic mass is 9.98. The molecule has 2 N–H and O–H groups in total. The van der Waals surface area contributed by atoms with Gasteiger partial charge in [0.1, 0.15) is 23.9 Å². The number of ether oxygens (including phenoxy) is 2. The monoisotopic (exact) mass is 639 g/mol. The lowest BCUT2D eigenvalue weighted by molar-refractivity contribution is 0.0209. The maximum Gasteiger partial charge on any atom is 0.228 e. The van der Waals surface area contributed by atoms with Crippen molar-refractivity contribution >= 4 is 29.2 Å². The number of fused-ring (bicyclic) bond motifs is 1. The highest BCUT2D eigenvalue weighted by molar-refractivity contribution is 6.33. The van der Waals surface area contributed by atoms with E-state index in [9.17, 15) is 9.90 Å². The van der Waals surface area contributed by atoms with E-state index in [-0.39, 0.29) is 24.9 Å². The summed E-state index contributed by atoms with van der Waals surface area (Å²) in [7, 11) is 0. The van der Waals surface area contributed by atoms with Gasteiger partial charge >= 0.3 is 0 Å². The van der Waals surface area contributed by atoms with Crippen LogP contribution in [-0.4, -0.2) is 106 Å². The van der Waals surface area contributed by atoms with E-state index in [0.717, 1.165) is 50.3 Å². The highest BCUT2D eigenvalue weighted by atomic mass is 35.5. The SMILES string of the molecule is CC(C)N1CCN(c2nc(NC3COC3)cc(C(=O)CC[C@H](O)CN3CCc4c(ccc(OCc5cnco5)c4Cl)C3)n2)CC1. The first-order valence-electron chi connectivity index (χ1n) is 15.8. The third-order valence-corrected chi connectivity index (χ3v) is 9.14. The van der Waals surface area contributed by atoms with Crippen LogP contribution in [0.3, 0.4) is 0 Å². The molecule has 3 aliphatic heterocycles. The molecule has 2 saturated heterocycles. The Hall–Kier alpha value is -3.29. The summed E-state index contributed by atoms with van der Waals surface area (Å²) in [6.07, 6.45) is 3.64. The Morgan fingerprint density at radius 2 is 2.00 bits per heavy atom. The number of halogens is 1. The third kappa shape index (κ3) is 7.93. The van der Waals surface area contributed by atoms with Gasteiger partial charge in [-0.3, -0.25) is 14.6 Å². The van der Waals surface area contributed by atoms with Crippen molar-refractivity contribution in [2.45, 2.75) is 64.4 Å². The van der Waals surface area contributed by atoms with Crippen LogP contribution in [0.4, 0.5) is 11.8 Å². The molecule has 0 spiro atoms. The van der Waals surface area contributed by atoms with Gasteiger partial charge < -0.3 is 29.2 Å². The molecule has 0 aliphatic carbocycles. The number of β-amino-alcohol motifs (C(OH)–C–C–N with tert-alkyl or cyclic N) is 1. The second-order valence-electron chi connectivity index (χ2n) is 12.3. The molecule has 45 heavy (non-hydrogen) atoms. The average Bonchev–Trinajstić information content (AvgIpc) is 3.55. The number of piperazine rings is 1. The van der Waals surface area contributed by atoms with Gasteiger partial charge in [0.05, 0.1) is 36.6 Å². The van der Waals surface area contributed by atoms with Crippen molar-refractivity contribution in [3.63, 3.8) is 0 Å². The second-order valence-corrected chi connectivity index (χ2v) is 12.7. The lowest BCUT2D eigenvalue weighted by Crippen LogP contribution is -2.49. The van der Waals surface area contributed by atoms with Crippen molar-refractivity contribution in [2.24, 2.45) is 0 Å². The molecule has 2 fully saturated rings. The Kier molecular flexibility index (Phi) is 10.2. The molecular weight excluding hydrogens is 598 g/mol. The van der Waals surface area contributed by atoms with E-state index in [2.05, 4.69) is 38.8 Å². The van der Waals surface area contributed by atoms with E-state index in [1.54, 1.807) is 12.3 Å². The van der Waals surface area contributed by atoms with Crippen molar-refractivity contribution in [2.75, 3.05) is 62.7 Å². The predicted molar refractivity (Wildman–Crippen MR) is 170 cm³/mol. The van der Waals surface area contributed by atoms with Crippen molar-refractivity contribution in [1.29, 1.82) is 0 Å². The van der Waals surface area contributed by atoms with Crippen LogP contribution in [0.2, 0.25) is 5.02 Å². The Bertz CT molecular complexity index is 1440. The minimum atomic E-state index is -0.648. The molecule has 0 amide bonds. The number of hydrogen-bond donors (Lipinski definition) is 2. The van der Waals surface area contributed by atoms with Gasteiger partial charge in [-0.2, -0.15) is 4.98 Å². The van der Waals surface area contributed by atoms with Crippen LogP contribution in [0.25, 0.3) is 0 Å². The van der Waals surface area contributed by atoms with E-state index in [4.69, 9.17) is 35.5 Å². The first-order valence-corrected chi connectivity index (χ1v) is 16.2. The summed E-state index contributed by atoms with van der Waals surface area (Å²) < 4.78 is 16.4. The number of aliphatic hydroxyl groups is 1. The number of oxazole rings is 1. The van der Waals surface area contributed by atoms with Crippen LogP contribution < -0.4 is 15.0 Å². The second kappa shape index (κ2) is 14.4. The van der Waals surface area contributed by atoms with Gasteiger partial charge in [0.15, 0.2) is 17.9 Å². The Labute approximate surface area is 268 Å². The molecule has 242 valence electrons. The molecule has 0 unspecified atom stereocenters. The first-order chi connectivity index (χ1) is 21.8. The van der Waals surface area contributed by atoms with Gasteiger partial charge in [0, 0.05) is 64.3 Å². The molecular formula is C32H42ClN7O5. The van der Waals surface area contributed by atoms with Crippen LogP contribution in [-0.2, 0) is 24.3 Å². The molecule has 0 radical (unpaired) electrons. The van der Waals surface area contributed by atoms with E-state index in [1.807, 2.05) is 12.1 Å². The number of nitrogens with one attached hydrogen (secondary N) is 1. The molecule has 0 saturated carbocycles. The molecule has 0 bridgehead atoms. The normalized spacial score (nSPS) is 18.5. The maximum absolute atomic E-state index is 13.4. The smallest absolute Gasteiger partial charge is 0.228 e. The zero-order valence-electron chi connectivity index (χ0n) is 26.0. The van der Waals surface area contributed by atoms with Crippen LogP contribution in [0.1, 0.15) is 54.1 Å². The fourth-order valence-corrected chi connectivity index (χ4v) is 6.29. The van der Waals surface area contributed by atoms with Crippen molar-refractivity contribution < 1.29 is 23.8 Å². The Morgan fingerprint density at radius 1 is 1.18 bits per heavy atom. The zero-order chi connectivity index (χ0) is 31.3. The number of aromatic nitrogens is 3. The number of Topliss-reactive ketones (excluding diaryl/α,β-unsaturated/α-hetero) is 1. The summed E-state index contributed by atoms with van der Waals surface area (Å²) in [5, 5.41) is 14.9. The maximum atomic E-state index is 13.4. The fraction of sp³-hybridized carbons (Fsp3) is 0.562. The Morgan fingerprint density at radius 3 is 2.71 bits per heavy atom. The number of hydrogen-bond acceptors (Lipinski definition) is 12. The van der Waals surface area contributed by atoms with Gasteiger partial charge in [-0.25, -0.2) is 9.97 Å². The van der Waals surface area contributed by atoms with Crippen LogP contribution in [0, 0.1) is 0 Å². The summed E-state index contributed by atoms with van der Waals surface area (Å²) in [5.41, 5.74) is 2.56. The van der Waals surface area contributed by atoms with Gasteiger partial charge in [-0.1, -0.05) is 17.7 Å². The van der Waals surface area contributed by atoms with Gasteiger partial charge in [0.25, 0.3) is 0 Å². The highest BCUT2D eigenvalue weighted by Crippen LogP contribution is 2.34. The van der Waals surface area contributed by atoms with Crippen LogP contribution in [0.15, 0.2) is 35.2 Å². The summed E-state index contributed by atoms with van der Waals surface area (Å²) >= 11 is 6.69. The zero-order valence-corrected chi connectivity index (χ0v) is 26.7. The molecule has 12 nitrogen and oxygen atoms in total. The largest absolute Gasteiger partial charge is 0.484 e. The topological polar surface area (TPSA) is 129 Å². The summed E-state index contributed by atoms with van der Waals surface area (Å²) in [5.74, 6) is 2.36. The number of carbonyl (C=O) groups excluding carboxylic acids is 1. The van der Waals surface area contributed by atoms with E-state index in [1.165, 1.54) is 6.39 Å². The number of aliphatic hydroxyl groups excluding tert-OH is 1. The van der Waals surface area contributed by atoms with Crippen molar-refractivity contribution in [1.82, 2.24) is 24.8 Å².